The van der Waals surface area contributed by atoms with Gasteiger partial charge in [-0.2, -0.15) is 0 Å². The average Bonchev–Trinajstić information content (AvgIpc) is 2.59. The first-order chi connectivity index (χ1) is 6.72. The van der Waals surface area contributed by atoms with Gasteiger partial charge < -0.3 is 10.4 Å². The third-order valence-corrected chi connectivity index (χ3v) is 2.93. The molecule has 1 unspecified atom stereocenters. The molecule has 1 aromatic carbocycles. The van der Waals surface area contributed by atoms with Crippen LogP contribution in [0.3, 0.4) is 0 Å². The van der Waals surface area contributed by atoms with Crippen LogP contribution in [0.1, 0.15) is 42.5 Å². The Morgan fingerprint density at radius 3 is 2.93 bits per heavy atom. The molecule has 2 rings (SSSR count). The molecule has 0 bridgehead atoms. The molecule has 2 nitrogen and oxygen atoms in total. The molecular formula is C12H17NO. The van der Waals surface area contributed by atoms with Gasteiger partial charge in [-0.1, -0.05) is 32.0 Å². The van der Waals surface area contributed by atoms with Crippen LogP contribution in [0.5, 0.6) is 0 Å². The Morgan fingerprint density at radius 1 is 1.50 bits per heavy atom. The topological polar surface area (TPSA) is 32.3 Å². The maximum atomic E-state index is 9.18. The van der Waals surface area contributed by atoms with E-state index < -0.39 is 0 Å². The van der Waals surface area contributed by atoms with Gasteiger partial charge in [-0.15, -0.1) is 0 Å². The summed E-state index contributed by atoms with van der Waals surface area (Å²) in [4.78, 5) is 0. The van der Waals surface area contributed by atoms with Gasteiger partial charge in [-0.3, -0.25) is 0 Å². The molecule has 14 heavy (non-hydrogen) atoms. The minimum Gasteiger partial charge on any atom is -0.394 e. The summed E-state index contributed by atoms with van der Waals surface area (Å²) >= 11 is 0. The summed E-state index contributed by atoms with van der Waals surface area (Å²) in [6.45, 7) is 5.46. The Hall–Kier alpha value is -0.860. The van der Waals surface area contributed by atoms with Crippen molar-refractivity contribution in [2.75, 3.05) is 6.61 Å². The van der Waals surface area contributed by atoms with E-state index in [1.807, 2.05) is 0 Å². The van der Waals surface area contributed by atoms with Gasteiger partial charge in [0, 0.05) is 6.54 Å². The highest BCUT2D eigenvalue weighted by Crippen LogP contribution is 2.28. The van der Waals surface area contributed by atoms with E-state index in [-0.39, 0.29) is 12.6 Å². The smallest absolute Gasteiger partial charge is 0.0626 e. The second-order valence-corrected chi connectivity index (χ2v) is 4.23. The van der Waals surface area contributed by atoms with Gasteiger partial charge in [-0.05, 0) is 22.6 Å². The van der Waals surface area contributed by atoms with Crippen molar-refractivity contribution in [3.8, 4) is 0 Å². The van der Waals surface area contributed by atoms with E-state index in [1.54, 1.807) is 0 Å². The van der Waals surface area contributed by atoms with Crippen LogP contribution in [0, 0.1) is 0 Å². The number of nitrogens with one attached hydrogen (secondary N) is 1. The second-order valence-electron chi connectivity index (χ2n) is 4.23. The molecule has 0 aliphatic carbocycles. The molecule has 0 radical (unpaired) electrons. The fourth-order valence-corrected chi connectivity index (χ4v) is 1.96. The Bertz CT molecular complexity index is 333. The highest BCUT2D eigenvalue weighted by atomic mass is 16.3. The lowest BCUT2D eigenvalue weighted by Crippen LogP contribution is -2.15. The fraction of sp³-hybridized carbons (Fsp3) is 0.500. The molecule has 2 heteroatoms. The van der Waals surface area contributed by atoms with Crippen molar-refractivity contribution in [2.24, 2.45) is 0 Å². The van der Waals surface area contributed by atoms with E-state index >= 15 is 0 Å². The number of fused-ring (bicyclic) bond motifs is 1. The SMILES string of the molecule is CC(C)c1ccc2c(c1)C(CO)NC2. The van der Waals surface area contributed by atoms with Crippen LogP contribution < -0.4 is 5.32 Å². The van der Waals surface area contributed by atoms with Crippen molar-refractivity contribution in [1.29, 1.82) is 0 Å². The van der Waals surface area contributed by atoms with E-state index in [9.17, 15) is 5.11 Å². The predicted octanol–water partition coefficient (Wildman–Crippen LogP) is 1.95. The van der Waals surface area contributed by atoms with Crippen LogP contribution in [0.4, 0.5) is 0 Å². The zero-order chi connectivity index (χ0) is 10.1. The van der Waals surface area contributed by atoms with Crippen LogP contribution in [0.15, 0.2) is 18.2 Å². The van der Waals surface area contributed by atoms with E-state index in [0.29, 0.717) is 5.92 Å². The molecule has 0 aromatic heterocycles. The molecular weight excluding hydrogens is 174 g/mol. The van der Waals surface area contributed by atoms with Crippen molar-refractivity contribution in [3.05, 3.63) is 34.9 Å². The van der Waals surface area contributed by atoms with Gasteiger partial charge in [0.2, 0.25) is 0 Å². The van der Waals surface area contributed by atoms with Gasteiger partial charge in [0.05, 0.1) is 12.6 Å². The molecule has 76 valence electrons. The quantitative estimate of drug-likeness (QED) is 0.749. The van der Waals surface area contributed by atoms with Crippen molar-refractivity contribution in [1.82, 2.24) is 5.32 Å². The summed E-state index contributed by atoms with van der Waals surface area (Å²) in [5, 5.41) is 12.5. The number of aliphatic hydroxyl groups excluding tert-OH is 1. The molecule has 0 amide bonds. The van der Waals surface area contributed by atoms with Crippen molar-refractivity contribution >= 4 is 0 Å². The standard InChI is InChI=1S/C12H17NO/c1-8(2)9-3-4-10-6-13-12(7-14)11(10)5-9/h3-5,8,12-14H,6-7H2,1-2H3. The molecule has 1 aliphatic rings. The van der Waals surface area contributed by atoms with Crippen LogP contribution in [0.2, 0.25) is 0 Å². The van der Waals surface area contributed by atoms with Gasteiger partial charge in [0.1, 0.15) is 0 Å². The normalized spacial score (nSPS) is 20.1. The largest absolute Gasteiger partial charge is 0.394 e. The summed E-state index contributed by atoms with van der Waals surface area (Å²) in [5.74, 6) is 0.556. The van der Waals surface area contributed by atoms with Crippen molar-refractivity contribution in [3.63, 3.8) is 0 Å². The molecule has 2 N–H and O–H groups in total. The van der Waals surface area contributed by atoms with E-state index in [1.165, 1.54) is 16.7 Å². The van der Waals surface area contributed by atoms with Gasteiger partial charge in [-0.25, -0.2) is 0 Å². The summed E-state index contributed by atoms with van der Waals surface area (Å²) in [5.41, 5.74) is 3.96. The lowest BCUT2D eigenvalue weighted by atomic mass is 9.96. The number of rotatable bonds is 2. The molecule has 1 aliphatic heterocycles. The zero-order valence-electron chi connectivity index (χ0n) is 8.75. The number of hydrogen-bond donors (Lipinski definition) is 2. The maximum Gasteiger partial charge on any atom is 0.0626 e. The van der Waals surface area contributed by atoms with Crippen LogP contribution in [-0.4, -0.2) is 11.7 Å². The third-order valence-electron chi connectivity index (χ3n) is 2.93. The molecule has 0 saturated heterocycles. The first-order valence-corrected chi connectivity index (χ1v) is 5.19. The summed E-state index contributed by atoms with van der Waals surface area (Å²) in [6.07, 6.45) is 0. The van der Waals surface area contributed by atoms with Gasteiger partial charge in [0.15, 0.2) is 0 Å². The first kappa shape index (κ1) is 9.69. The fourth-order valence-electron chi connectivity index (χ4n) is 1.96. The summed E-state index contributed by atoms with van der Waals surface area (Å²) in [6, 6.07) is 6.72. The monoisotopic (exact) mass is 191 g/mol. The van der Waals surface area contributed by atoms with Crippen LogP contribution >= 0.6 is 0 Å². The minimum atomic E-state index is 0.142. The predicted molar refractivity (Wildman–Crippen MR) is 57.2 cm³/mol. The van der Waals surface area contributed by atoms with E-state index in [2.05, 4.69) is 37.4 Å². The minimum absolute atomic E-state index is 0.142. The molecule has 1 atom stereocenters. The lowest BCUT2D eigenvalue weighted by molar-refractivity contribution is 0.251. The van der Waals surface area contributed by atoms with E-state index in [0.717, 1.165) is 6.54 Å². The first-order valence-electron chi connectivity index (χ1n) is 5.19. The van der Waals surface area contributed by atoms with Gasteiger partial charge >= 0.3 is 0 Å². The van der Waals surface area contributed by atoms with Gasteiger partial charge in [0.25, 0.3) is 0 Å². The molecule has 0 fully saturated rings. The Balaban J connectivity index is 2.37. The third kappa shape index (κ3) is 1.56. The second kappa shape index (κ2) is 3.71. The van der Waals surface area contributed by atoms with Crippen molar-refractivity contribution < 1.29 is 5.11 Å². The van der Waals surface area contributed by atoms with Crippen LogP contribution in [-0.2, 0) is 6.54 Å². The van der Waals surface area contributed by atoms with Crippen LogP contribution in [0.25, 0.3) is 0 Å². The Labute approximate surface area is 85.0 Å². The van der Waals surface area contributed by atoms with E-state index in [4.69, 9.17) is 0 Å². The number of hydrogen-bond acceptors (Lipinski definition) is 2. The summed E-state index contributed by atoms with van der Waals surface area (Å²) < 4.78 is 0. The zero-order valence-corrected chi connectivity index (χ0v) is 8.75. The molecule has 0 spiro atoms. The Morgan fingerprint density at radius 2 is 2.29 bits per heavy atom. The highest BCUT2D eigenvalue weighted by molar-refractivity contribution is 5.38. The molecule has 1 heterocycles. The highest BCUT2D eigenvalue weighted by Gasteiger charge is 2.21. The maximum absolute atomic E-state index is 9.18. The average molecular weight is 191 g/mol. The molecule has 1 aromatic rings. The molecule has 0 saturated carbocycles. The Kier molecular flexibility index (Phi) is 2.57. The van der Waals surface area contributed by atoms with Crippen molar-refractivity contribution in [2.45, 2.75) is 32.4 Å². The lowest BCUT2D eigenvalue weighted by Gasteiger charge is -2.11. The summed E-state index contributed by atoms with van der Waals surface area (Å²) in [7, 11) is 0. The number of benzene rings is 1. The number of aliphatic hydroxyl groups is 1.